The lowest BCUT2D eigenvalue weighted by molar-refractivity contribution is 1.48. The molecule has 5 heteroatoms. The zero-order chi connectivity index (χ0) is 6.69. The van der Waals surface area contributed by atoms with Gasteiger partial charge in [-0.3, -0.25) is 0 Å². The summed E-state index contributed by atoms with van der Waals surface area (Å²) < 4.78 is 0. The van der Waals surface area contributed by atoms with Crippen molar-refractivity contribution in [2.24, 2.45) is 0 Å². The molecule has 1 nitrogen and oxygen atoms in total. The van der Waals surface area contributed by atoms with Gasteiger partial charge in [0.25, 0.3) is 0 Å². The zero-order valence-corrected chi connectivity index (χ0v) is 8.90. The summed E-state index contributed by atoms with van der Waals surface area (Å²) in [6.45, 7) is 0. The maximum atomic E-state index is 5.56. The van der Waals surface area contributed by atoms with E-state index in [1.54, 1.807) is 0 Å². The van der Waals surface area contributed by atoms with E-state index >= 15 is 0 Å². The zero-order valence-electron chi connectivity index (χ0n) is 5.56. The van der Waals surface area contributed by atoms with E-state index in [4.69, 9.17) is 5.73 Å². The van der Waals surface area contributed by atoms with Gasteiger partial charge in [-0.05, 0) is 12.1 Å². The van der Waals surface area contributed by atoms with Crippen molar-refractivity contribution in [1.82, 2.24) is 0 Å². The van der Waals surface area contributed by atoms with E-state index in [0.717, 1.165) is 10.6 Å². The molecule has 2 N–H and O–H groups in total. The van der Waals surface area contributed by atoms with Crippen molar-refractivity contribution >= 4 is 53.0 Å². The summed E-state index contributed by atoms with van der Waals surface area (Å²) in [7, 11) is 1.36. The third kappa shape index (κ3) is 4.01. The summed E-state index contributed by atoms with van der Waals surface area (Å²) in [4.78, 5) is 1.01. The number of hydrogen-bond acceptors (Lipinski definition) is 3. The fourth-order valence-corrected chi connectivity index (χ4v) is 1.38. The summed E-state index contributed by atoms with van der Waals surface area (Å²) in [5.74, 6) is 0. The quantitative estimate of drug-likeness (QED) is 0.440. The molecule has 0 atom stereocenters. The van der Waals surface area contributed by atoms with Crippen LogP contribution in [0.2, 0.25) is 0 Å². The molecule has 0 aliphatic heterocycles. The van der Waals surface area contributed by atoms with Crippen LogP contribution in [-0.4, -0.2) is 0 Å². The van der Waals surface area contributed by atoms with Crippen molar-refractivity contribution in [2.75, 3.05) is 5.73 Å². The molecule has 0 bridgehead atoms. The van der Waals surface area contributed by atoms with Gasteiger partial charge in [0.1, 0.15) is 0 Å². The van der Waals surface area contributed by atoms with Gasteiger partial charge in [-0.25, -0.2) is 0 Å². The number of rotatable bonds is 1. The normalized spacial score (nSPS) is 7.73. The minimum Gasteiger partial charge on any atom is -0.398 e. The Kier molecular flexibility index (Phi) is 8.79. The maximum Gasteiger partial charge on any atom is 0.0460 e. The standard InChI is InChI=1S/C6H7NS2.2ClH/c7-5-3-1-2-4-6(5)9-8;;/h1-4,8H,7H2;2*1H. The number of nitrogens with two attached hydrogens (primary N) is 1. The third-order valence-corrected chi connectivity index (χ3v) is 2.18. The van der Waals surface area contributed by atoms with Gasteiger partial charge >= 0.3 is 0 Å². The molecule has 0 aromatic heterocycles. The second kappa shape index (κ2) is 6.98. The highest BCUT2D eigenvalue weighted by molar-refractivity contribution is 8.68. The highest BCUT2D eigenvalue weighted by Crippen LogP contribution is 2.26. The smallest absolute Gasteiger partial charge is 0.0460 e. The highest BCUT2D eigenvalue weighted by Gasteiger charge is 1.91. The van der Waals surface area contributed by atoms with E-state index in [0.29, 0.717) is 0 Å². The van der Waals surface area contributed by atoms with Crippen molar-refractivity contribution in [2.45, 2.75) is 4.90 Å². The molecule has 0 radical (unpaired) electrons. The average molecular weight is 230 g/mol. The first-order valence-corrected chi connectivity index (χ1v) is 4.37. The lowest BCUT2D eigenvalue weighted by atomic mass is 10.3. The van der Waals surface area contributed by atoms with Crippen LogP contribution in [0.15, 0.2) is 29.2 Å². The van der Waals surface area contributed by atoms with Crippen molar-refractivity contribution in [3.63, 3.8) is 0 Å². The summed E-state index contributed by atoms with van der Waals surface area (Å²) in [6, 6.07) is 7.64. The van der Waals surface area contributed by atoms with Gasteiger partial charge in [-0.15, -0.1) is 36.5 Å². The van der Waals surface area contributed by atoms with Crippen LogP contribution in [0.3, 0.4) is 0 Å². The predicted molar refractivity (Wildman–Crippen MR) is 60.2 cm³/mol. The number of benzene rings is 1. The van der Waals surface area contributed by atoms with Crippen LogP contribution in [0.4, 0.5) is 5.69 Å². The van der Waals surface area contributed by atoms with Crippen LogP contribution in [0.5, 0.6) is 0 Å². The topological polar surface area (TPSA) is 26.0 Å². The minimum absolute atomic E-state index is 0. The number of nitrogen functional groups attached to an aromatic ring is 1. The number of hydrogen-bond donors (Lipinski definition) is 2. The average Bonchev–Trinajstić information content (AvgIpc) is 1.89. The molecule has 0 heterocycles. The first-order chi connectivity index (χ1) is 4.34. The Labute approximate surface area is 87.8 Å². The molecule has 0 fully saturated rings. The highest BCUT2D eigenvalue weighted by atomic mass is 35.5. The molecule has 0 aliphatic rings. The van der Waals surface area contributed by atoms with E-state index in [1.807, 2.05) is 24.3 Å². The first kappa shape index (κ1) is 13.9. The lowest BCUT2D eigenvalue weighted by Crippen LogP contribution is -1.84. The Morgan fingerprint density at radius 1 is 1.18 bits per heavy atom. The number of para-hydroxylation sites is 1. The van der Waals surface area contributed by atoms with Crippen LogP contribution < -0.4 is 5.73 Å². The monoisotopic (exact) mass is 229 g/mol. The van der Waals surface area contributed by atoms with Crippen LogP contribution in [0.1, 0.15) is 0 Å². The molecule has 1 rings (SSSR count). The van der Waals surface area contributed by atoms with Gasteiger partial charge in [0.05, 0.1) is 0 Å². The van der Waals surface area contributed by atoms with E-state index < -0.39 is 0 Å². The number of thiol groups is 1. The van der Waals surface area contributed by atoms with Crippen molar-refractivity contribution in [1.29, 1.82) is 0 Å². The molecular weight excluding hydrogens is 221 g/mol. The molecule has 0 spiro atoms. The maximum absolute atomic E-state index is 5.56. The van der Waals surface area contributed by atoms with Crippen molar-refractivity contribution in [3.8, 4) is 0 Å². The molecule has 0 amide bonds. The Balaban J connectivity index is 0. The van der Waals surface area contributed by atoms with Gasteiger partial charge in [0.2, 0.25) is 0 Å². The largest absolute Gasteiger partial charge is 0.398 e. The Hall–Kier alpha value is 0.300. The summed E-state index contributed by atoms with van der Waals surface area (Å²) in [5, 5.41) is 0. The molecule has 0 aliphatic carbocycles. The number of anilines is 1. The third-order valence-electron chi connectivity index (χ3n) is 1.02. The Morgan fingerprint density at radius 2 is 1.73 bits per heavy atom. The van der Waals surface area contributed by atoms with Gasteiger partial charge < -0.3 is 5.73 Å². The predicted octanol–water partition coefficient (Wildman–Crippen LogP) is 3.05. The second-order valence-electron chi connectivity index (χ2n) is 1.63. The molecular formula is C6H9Cl2NS2. The van der Waals surface area contributed by atoms with Crippen molar-refractivity contribution < 1.29 is 0 Å². The Bertz CT molecular complexity index is 208. The fourth-order valence-electron chi connectivity index (χ4n) is 0.564. The molecule has 0 saturated heterocycles. The summed E-state index contributed by atoms with van der Waals surface area (Å²) >= 11 is 4.02. The fraction of sp³-hybridized carbons (Fsp3) is 0. The SMILES string of the molecule is Cl.Cl.Nc1ccccc1SS. The van der Waals surface area contributed by atoms with E-state index in [2.05, 4.69) is 11.7 Å². The van der Waals surface area contributed by atoms with Gasteiger partial charge in [-0.2, -0.15) is 0 Å². The van der Waals surface area contributed by atoms with E-state index in [9.17, 15) is 0 Å². The summed E-state index contributed by atoms with van der Waals surface area (Å²) in [5.41, 5.74) is 6.35. The molecule has 0 unspecified atom stereocenters. The van der Waals surface area contributed by atoms with Crippen LogP contribution in [0.25, 0.3) is 0 Å². The van der Waals surface area contributed by atoms with E-state index in [-0.39, 0.29) is 24.8 Å². The van der Waals surface area contributed by atoms with Gasteiger partial charge in [-0.1, -0.05) is 22.9 Å². The lowest BCUT2D eigenvalue weighted by Gasteiger charge is -1.97. The van der Waals surface area contributed by atoms with Crippen LogP contribution >= 0.6 is 47.3 Å². The number of halogens is 2. The minimum atomic E-state index is 0. The van der Waals surface area contributed by atoms with Crippen molar-refractivity contribution in [3.05, 3.63) is 24.3 Å². The summed E-state index contributed by atoms with van der Waals surface area (Å²) in [6.07, 6.45) is 0. The molecule has 11 heavy (non-hydrogen) atoms. The molecule has 64 valence electrons. The molecule has 1 aromatic carbocycles. The first-order valence-electron chi connectivity index (χ1n) is 2.50. The molecule has 1 aromatic rings. The van der Waals surface area contributed by atoms with Crippen LogP contribution in [0, 0.1) is 0 Å². The molecule has 0 saturated carbocycles. The Morgan fingerprint density at radius 3 is 2.09 bits per heavy atom. The van der Waals surface area contributed by atoms with E-state index in [1.165, 1.54) is 10.8 Å². The van der Waals surface area contributed by atoms with Crippen LogP contribution in [-0.2, 0) is 0 Å². The second-order valence-corrected chi connectivity index (χ2v) is 2.80. The van der Waals surface area contributed by atoms with Gasteiger partial charge in [0.15, 0.2) is 0 Å². The van der Waals surface area contributed by atoms with Gasteiger partial charge in [0, 0.05) is 10.6 Å².